The number of aliphatic carboxylic acids is 1. The van der Waals surface area contributed by atoms with Gasteiger partial charge < -0.3 is 9.84 Å². The number of methoxy groups -OCH3 is 1. The van der Waals surface area contributed by atoms with Gasteiger partial charge in [0.15, 0.2) is 0 Å². The van der Waals surface area contributed by atoms with Crippen molar-refractivity contribution >= 4 is 23.1 Å². The predicted molar refractivity (Wildman–Crippen MR) is 61.6 cm³/mol. The Morgan fingerprint density at radius 1 is 1.40 bits per heavy atom. The third kappa shape index (κ3) is 2.76. The lowest BCUT2D eigenvalue weighted by molar-refractivity contribution is -0.129. The summed E-state index contributed by atoms with van der Waals surface area (Å²) in [4.78, 5) is 10.7. The molecule has 0 saturated heterocycles. The van der Waals surface area contributed by atoms with E-state index in [0.717, 1.165) is 11.3 Å². The summed E-state index contributed by atoms with van der Waals surface area (Å²) >= 11 is 4.81. The third-order valence-electron chi connectivity index (χ3n) is 2.22. The highest BCUT2D eigenvalue weighted by molar-refractivity contribution is 7.82. The molecule has 1 N–H and O–H groups in total. The van der Waals surface area contributed by atoms with Crippen molar-refractivity contribution in [2.24, 2.45) is 0 Å². The van der Waals surface area contributed by atoms with Crippen molar-refractivity contribution in [2.45, 2.75) is 12.8 Å². The number of hydrogen-bond donors (Lipinski definition) is 1. The maximum Gasteiger partial charge on any atom is 0.343 e. The molecule has 15 heavy (non-hydrogen) atoms. The maximum absolute atomic E-state index is 10.7. The van der Waals surface area contributed by atoms with Gasteiger partial charge in [-0.05, 0) is 17.7 Å². The summed E-state index contributed by atoms with van der Waals surface area (Å²) in [6.07, 6.45) is 0. The summed E-state index contributed by atoms with van der Waals surface area (Å²) in [5, 5.41) is 8.75. The molecule has 1 aromatic rings. The average molecular weight is 224 g/mol. The van der Waals surface area contributed by atoms with E-state index in [1.807, 2.05) is 12.1 Å². The molecule has 0 aromatic heterocycles. The first-order valence-corrected chi connectivity index (χ1v) is 4.88. The minimum Gasteiger partial charge on any atom is -0.497 e. The summed E-state index contributed by atoms with van der Waals surface area (Å²) in [6.45, 7) is 1.78. The van der Waals surface area contributed by atoms with E-state index in [1.54, 1.807) is 26.2 Å². The molecule has 1 unspecified atom stereocenters. The van der Waals surface area contributed by atoms with Gasteiger partial charge in [-0.3, -0.25) is 0 Å². The lowest BCUT2D eigenvalue weighted by Gasteiger charge is -2.10. The van der Waals surface area contributed by atoms with Gasteiger partial charge in [0.05, 0.1) is 7.11 Å². The zero-order chi connectivity index (χ0) is 11.4. The quantitative estimate of drug-likeness (QED) is 0.797. The van der Waals surface area contributed by atoms with Crippen molar-refractivity contribution in [3.05, 3.63) is 29.8 Å². The van der Waals surface area contributed by atoms with E-state index in [-0.39, 0.29) is 10.8 Å². The van der Waals surface area contributed by atoms with Gasteiger partial charge in [-0.2, -0.15) is 0 Å². The normalized spacial score (nSPS) is 11.9. The molecule has 80 valence electrons. The van der Waals surface area contributed by atoms with E-state index >= 15 is 0 Å². The molecule has 0 radical (unpaired) electrons. The maximum atomic E-state index is 10.7. The number of benzene rings is 1. The Morgan fingerprint density at radius 2 is 1.93 bits per heavy atom. The molecule has 0 aliphatic heterocycles. The van der Waals surface area contributed by atoms with E-state index in [2.05, 4.69) is 0 Å². The number of rotatable bonds is 4. The van der Waals surface area contributed by atoms with Crippen LogP contribution >= 0.6 is 12.2 Å². The Morgan fingerprint density at radius 3 is 2.33 bits per heavy atom. The minimum absolute atomic E-state index is 0.0279. The zero-order valence-corrected chi connectivity index (χ0v) is 9.38. The molecule has 1 rings (SSSR count). The monoisotopic (exact) mass is 224 g/mol. The first-order valence-electron chi connectivity index (χ1n) is 4.47. The van der Waals surface area contributed by atoms with Gasteiger partial charge in [0.25, 0.3) is 0 Å². The molecule has 0 spiro atoms. The summed E-state index contributed by atoms with van der Waals surface area (Å²) in [5.41, 5.74) is 0.878. The summed E-state index contributed by atoms with van der Waals surface area (Å²) < 4.78 is 5.01. The van der Waals surface area contributed by atoms with Crippen LogP contribution in [0.5, 0.6) is 5.75 Å². The number of thiocarbonyl (C=S) groups is 1. The smallest absolute Gasteiger partial charge is 0.343 e. The minimum atomic E-state index is -1.03. The van der Waals surface area contributed by atoms with Crippen LogP contribution in [-0.2, 0) is 4.79 Å². The SMILES string of the molecule is COc1ccc(C(C)C(=S)C(=O)O)cc1. The predicted octanol–water partition coefficient (Wildman–Crippen LogP) is 2.25. The molecular weight excluding hydrogens is 212 g/mol. The van der Waals surface area contributed by atoms with Crippen LogP contribution in [0.4, 0.5) is 0 Å². The first-order chi connectivity index (χ1) is 7.06. The second-order valence-corrected chi connectivity index (χ2v) is 3.60. The molecule has 1 atom stereocenters. The van der Waals surface area contributed by atoms with Gasteiger partial charge >= 0.3 is 5.97 Å². The van der Waals surface area contributed by atoms with Crippen LogP contribution in [0.1, 0.15) is 18.4 Å². The van der Waals surface area contributed by atoms with Crippen LogP contribution in [0, 0.1) is 0 Å². The zero-order valence-electron chi connectivity index (χ0n) is 8.56. The first kappa shape index (κ1) is 11.7. The Hall–Kier alpha value is -1.42. The van der Waals surface area contributed by atoms with E-state index in [9.17, 15) is 4.79 Å². The van der Waals surface area contributed by atoms with Crippen molar-refractivity contribution in [2.75, 3.05) is 7.11 Å². The van der Waals surface area contributed by atoms with Gasteiger partial charge in [0.2, 0.25) is 0 Å². The molecular formula is C11H12O3S. The largest absolute Gasteiger partial charge is 0.497 e. The number of carboxylic acids is 1. The number of carbonyl (C=O) groups is 1. The Labute approximate surface area is 93.7 Å². The Kier molecular flexibility index (Phi) is 3.80. The Bertz CT molecular complexity index is 370. The van der Waals surface area contributed by atoms with Gasteiger partial charge in [-0.15, -0.1) is 0 Å². The molecule has 0 fully saturated rings. The number of carboxylic acid groups (broad SMARTS) is 1. The topological polar surface area (TPSA) is 46.5 Å². The van der Waals surface area contributed by atoms with Crippen LogP contribution in [0.2, 0.25) is 0 Å². The molecule has 1 aromatic carbocycles. The van der Waals surface area contributed by atoms with Crippen molar-refractivity contribution in [3.63, 3.8) is 0 Å². The fourth-order valence-corrected chi connectivity index (χ4v) is 1.37. The third-order valence-corrected chi connectivity index (χ3v) is 2.75. The fraction of sp³-hybridized carbons (Fsp3) is 0.273. The Balaban J connectivity index is 2.87. The van der Waals surface area contributed by atoms with Crippen LogP contribution in [0.15, 0.2) is 24.3 Å². The van der Waals surface area contributed by atoms with Crippen molar-refractivity contribution in [1.82, 2.24) is 0 Å². The molecule has 3 nitrogen and oxygen atoms in total. The van der Waals surface area contributed by atoms with E-state index in [0.29, 0.717) is 0 Å². The molecule has 0 amide bonds. The second-order valence-electron chi connectivity index (χ2n) is 3.16. The van der Waals surface area contributed by atoms with Crippen molar-refractivity contribution < 1.29 is 14.6 Å². The van der Waals surface area contributed by atoms with E-state index in [1.165, 1.54) is 0 Å². The molecule has 0 heterocycles. The second kappa shape index (κ2) is 4.89. The van der Waals surface area contributed by atoms with E-state index in [4.69, 9.17) is 22.1 Å². The van der Waals surface area contributed by atoms with Gasteiger partial charge in [-0.1, -0.05) is 31.3 Å². The van der Waals surface area contributed by atoms with Gasteiger partial charge in [0.1, 0.15) is 10.6 Å². The van der Waals surface area contributed by atoms with E-state index < -0.39 is 5.97 Å². The molecule has 0 bridgehead atoms. The summed E-state index contributed by atoms with van der Waals surface area (Å²) in [7, 11) is 1.58. The van der Waals surface area contributed by atoms with Crippen LogP contribution in [0.3, 0.4) is 0 Å². The number of ether oxygens (including phenoxy) is 1. The highest BCUT2D eigenvalue weighted by Crippen LogP contribution is 2.20. The van der Waals surface area contributed by atoms with Crippen molar-refractivity contribution in [3.8, 4) is 5.75 Å². The molecule has 0 aliphatic carbocycles. The average Bonchev–Trinajstić information content (AvgIpc) is 2.27. The molecule has 0 saturated carbocycles. The molecule has 0 aliphatic rings. The standard InChI is InChI=1S/C11H12O3S/c1-7(10(15)11(12)13)8-3-5-9(14-2)6-4-8/h3-7H,1-2H3,(H,12,13). The van der Waals surface area contributed by atoms with Crippen LogP contribution < -0.4 is 4.74 Å². The lowest BCUT2D eigenvalue weighted by Crippen LogP contribution is -2.17. The molecule has 4 heteroatoms. The number of hydrogen-bond acceptors (Lipinski definition) is 3. The van der Waals surface area contributed by atoms with Gasteiger partial charge in [-0.25, -0.2) is 4.79 Å². The lowest BCUT2D eigenvalue weighted by atomic mass is 9.98. The highest BCUT2D eigenvalue weighted by atomic mass is 32.1. The summed E-state index contributed by atoms with van der Waals surface area (Å²) in [6, 6.07) is 7.21. The highest BCUT2D eigenvalue weighted by Gasteiger charge is 2.17. The van der Waals surface area contributed by atoms with Crippen LogP contribution in [0.25, 0.3) is 0 Å². The van der Waals surface area contributed by atoms with Crippen molar-refractivity contribution in [1.29, 1.82) is 0 Å². The summed E-state index contributed by atoms with van der Waals surface area (Å²) in [5.74, 6) is -0.552. The van der Waals surface area contributed by atoms with Gasteiger partial charge in [0, 0.05) is 5.92 Å². The van der Waals surface area contributed by atoms with Crippen LogP contribution in [-0.4, -0.2) is 23.1 Å². The fourth-order valence-electron chi connectivity index (χ4n) is 1.23.